The molecule has 1 aliphatic rings. The smallest absolute Gasteiger partial charge is 0.475 e. The van der Waals surface area contributed by atoms with Crippen LogP contribution < -0.4 is 20.3 Å². The third kappa shape index (κ3) is 8.64. The molecule has 0 aliphatic carbocycles. The van der Waals surface area contributed by atoms with Crippen LogP contribution in [-0.2, 0) is 14.8 Å². The normalized spacial score (nSPS) is 14.7. The first-order valence-corrected chi connectivity index (χ1v) is 13.0. The van der Waals surface area contributed by atoms with Crippen molar-refractivity contribution in [2.75, 3.05) is 35.8 Å². The molecule has 0 radical (unpaired) electrons. The van der Waals surface area contributed by atoms with Crippen LogP contribution in [0.4, 0.5) is 24.5 Å². The fraction of sp³-hybridized carbons (Fsp3) is 0.417. The number of carboxylic acids is 1. The summed E-state index contributed by atoms with van der Waals surface area (Å²) in [7, 11) is -3.80. The van der Waals surface area contributed by atoms with E-state index < -0.39 is 22.2 Å². The highest BCUT2D eigenvalue weighted by Crippen LogP contribution is 2.30. The van der Waals surface area contributed by atoms with E-state index in [0.29, 0.717) is 16.8 Å². The number of hydrogen-bond donors (Lipinski definition) is 4. The molecule has 13 heteroatoms. The second kappa shape index (κ2) is 12.8. The molecule has 0 saturated carbocycles. The monoisotopic (exact) mass is 544 g/mol. The van der Waals surface area contributed by atoms with E-state index in [9.17, 15) is 26.4 Å². The van der Waals surface area contributed by atoms with Crippen molar-refractivity contribution in [3.8, 4) is 0 Å². The fourth-order valence-corrected chi connectivity index (χ4v) is 4.72. The standard InChI is InChI=1S/C22H30N4O3S.C2HF3O2/c1-4-17(3)24-22(27)18-9-10-20(26-13-11-23-12-14-26)19(15-18)25-30(28,29)21-8-6-5-7-16(21)2;3-2(4,5)1(6)7/h5-10,15,17,23,25H,4,11-14H2,1-3H3,(H,24,27);(H,6,7). The van der Waals surface area contributed by atoms with E-state index >= 15 is 0 Å². The molecular formula is C24H31F3N4O5S. The maximum atomic E-state index is 13.1. The molecule has 1 saturated heterocycles. The van der Waals surface area contributed by atoms with E-state index in [-0.39, 0.29) is 16.8 Å². The highest BCUT2D eigenvalue weighted by atomic mass is 32.2. The van der Waals surface area contributed by atoms with E-state index in [1.165, 1.54) is 0 Å². The van der Waals surface area contributed by atoms with Crippen molar-refractivity contribution < 1.29 is 36.3 Å². The number of nitrogens with zero attached hydrogens (tertiary/aromatic N) is 1. The Morgan fingerprint density at radius 2 is 1.73 bits per heavy atom. The van der Waals surface area contributed by atoms with E-state index in [1.54, 1.807) is 43.3 Å². The summed E-state index contributed by atoms with van der Waals surface area (Å²) >= 11 is 0. The van der Waals surface area contributed by atoms with Gasteiger partial charge in [0, 0.05) is 37.8 Å². The summed E-state index contributed by atoms with van der Waals surface area (Å²) in [6.07, 6.45) is -4.27. The number of alkyl halides is 3. The second-order valence-corrected chi connectivity index (χ2v) is 10.1. The van der Waals surface area contributed by atoms with Gasteiger partial charge in [-0.15, -0.1) is 0 Å². The van der Waals surface area contributed by atoms with Crippen molar-refractivity contribution in [2.24, 2.45) is 0 Å². The molecule has 1 atom stereocenters. The third-order valence-electron chi connectivity index (χ3n) is 5.58. The van der Waals surface area contributed by atoms with Crippen molar-refractivity contribution >= 4 is 33.3 Å². The quantitative estimate of drug-likeness (QED) is 0.421. The van der Waals surface area contributed by atoms with Crippen LogP contribution in [0, 0.1) is 6.92 Å². The van der Waals surface area contributed by atoms with E-state index in [0.717, 1.165) is 38.3 Å². The maximum Gasteiger partial charge on any atom is 0.490 e. The minimum absolute atomic E-state index is 0.0393. The van der Waals surface area contributed by atoms with Crippen LogP contribution in [-0.4, -0.2) is 63.8 Å². The molecule has 0 aromatic heterocycles. The number of sulfonamides is 1. The number of amides is 1. The Morgan fingerprint density at radius 1 is 1.14 bits per heavy atom. The van der Waals surface area contributed by atoms with Crippen molar-refractivity contribution in [3.63, 3.8) is 0 Å². The summed E-state index contributed by atoms with van der Waals surface area (Å²) in [5, 5.41) is 13.4. The molecule has 37 heavy (non-hydrogen) atoms. The molecule has 0 spiro atoms. The van der Waals surface area contributed by atoms with Crippen LogP contribution >= 0.6 is 0 Å². The molecule has 204 valence electrons. The number of benzene rings is 2. The van der Waals surface area contributed by atoms with Crippen LogP contribution in [0.15, 0.2) is 47.4 Å². The van der Waals surface area contributed by atoms with Gasteiger partial charge in [0.05, 0.1) is 16.3 Å². The van der Waals surface area contributed by atoms with Gasteiger partial charge in [-0.2, -0.15) is 13.2 Å². The van der Waals surface area contributed by atoms with Gasteiger partial charge in [-0.25, -0.2) is 13.2 Å². The minimum Gasteiger partial charge on any atom is -0.475 e. The Morgan fingerprint density at radius 3 is 2.27 bits per heavy atom. The van der Waals surface area contributed by atoms with E-state index in [2.05, 4.69) is 20.3 Å². The number of aliphatic carboxylic acids is 1. The van der Waals surface area contributed by atoms with Crippen molar-refractivity contribution in [2.45, 2.75) is 44.3 Å². The molecule has 1 unspecified atom stereocenters. The van der Waals surface area contributed by atoms with Gasteiger partial charge < -0.3 is 20.6 Å². The zero-order chi connectivity index (χ0) is 27.8. The highest BCUT2D eigenvalue weighted by Gasteiger charge is 2.38. The molecule has 4 N–H and O–H groups in total. The maximum absolute atomic E-state index is 13.1. The Labute approximate surface area is 214 Å². The zero-order valence-corrected chi connectivity index (χ0v) is 21.5. The molecule has 1 aliphatic heterocycles. The minimum atomic E-state index is -5.08. The number of anilines is 2. The molecule has 1 amide bonds. The average molecular weight is 545 g/mol. The molecule has 9 nitrogen and oxygen atoms in total. The number of carbonyl (C=O) groups is 2. The summed E-state index contributed by atoms with van der Waals surface area (Å²) in [6, 6.07) is 12.1. The number of rotatable bonds is 7. The van der Waals surface area contributed by atoms with Gasteiger partial charge in [-0.3, -0.25) is 9.52 Å². The van der Waals surface area contributed by atoms with E-state index in [1.807, 2.05) is 19.9 Å². The molecule has 3 rings (SSSR count). The number of halogens is 3. The first-order valence-electron chi connectivity index (χ1n) is 11.6. The fourth-order valence-electron chi connectivity index (χ4n) is 3.41. The lowest BCUT2D eigenvalue weighted by molar-refractivity contribution is -0.192. The summed E-state index contributed by atoms with van der Waals surface area (Å²) < 4.78 is 60.7. The summed E-state index contributed by atoms with van der Waals surface area (Å²) in [5.74, 6) is -2.97. The number of aryl methyl sites for hydroxylation is 1. The Hall–Kier alpha value is -3.32. The highest BCUT2D eigenvalue weighted by molar-refractivity contribution is 7.92. The van der Waals surface area contributed by atoms with Crippen LogP contribution in [0.1, 0.15) is 36.2 Å². The van der Waals surface area contributed by atoms with Gasteiger partial charge in [0.15, 0.2) is 0 Å². The molecule has 1 heterocycles. The Kier molecular flexibility index (Phi) is 10.3. The van der Waals surface area contributed by atoms with Crippen LogP contribution in [0.5, 0.6) is 0 Å². The SMILES string of the molecule is CCC(C)NC(=O)c1ccc(N2CCNCC2)c(NS(=O)(=O)c2ccccc2C)c1.O=C(O)C(F)(F)F. The predicted octanol–water partition coefficient (Wildman–Crippen LogP) is 3.37. The van der Waals surface area contributed by atoms with Gasteiger partial charge in [0.1, 0.15) is 0 Å². The van der Waals surface area contributed by atoms with Crippen molar-refractivity contribution in [1.82, 2.24) is 10.6 Å². The number of nitrogens with one attached hydrogen (secondary N) is 3. The third-order valence-corrected chi connectivity index (χ3v) is 7.10. The van der Waals surface area contributed by atoms with Crippen LogP contribution in [0.3, 0.4) is 0 Å². The number of carbonyl (C=O) groups excluding carboxylic acids is 1. The predicted molar refractivity (Wildman–Crippen MR) is 134 cm³/mol. The van der Waals surface area contributed by atoms with Crippen molar-refractivity contribution in [1.29, 1.82) is 0 Å². The Bertz CT molecular complexity index is 1200. The van der Waals surface area contributed by atoms with Gasteiger partial charge in [0.25, 0.3) is 15.9 Å². The lowest BCUT2D eigenvalue weighted by Crippen LogP contribution is -2.43. The lowest BCUT2D eigenvalue weighted by Gasteiger charge is -2.31. The first kappa shape index (κ1) is 29.9. The number of hydrogen-bond acceptors (Lipinski definition) is 6. The average Bonchev–Trinajstić information content (AvgIpc) is 2.84. The van der Waals surface area contributed by atoms with Gasteiger partial charge in [0.2, 0.25) is 0 Å². The van der Waals surface area contributed by atoms with Gasteiger partial charge in [-0.1, -0.05) is 25.1 Å². The summed E-state index contributed by atoms with van der Waals surface area (Å²) in [6.45, 7) is 8.87. The molecule has 2 aromatic rings. The topological polar surface area (TPSA) is 128 Å². The summed E-state index contributed by atoms with van der Waals surface area (Å²) in [5.41, 5.74) is 2.28. The van der Waals surface area contributed by atoms with Gasteiger partial charge >= 0.3 is 12.1 Å². The zero-order valence-electron chi connectivity index (χ0n) is 20.7. The van der Waals surface area contributed by atoms with Crippen LogP contribution in [0.25, 0.3) is 0 Å². The van der Waals surface area contributed by atoms with Crippen LogP contribution in [0.2, 0.25) is 0 Å². The molecular weight excluding hydrogens is 513 g/mol. The van der Waals surface area contributed by atoms with Crippen molar-refractivity contribution in [3.05, 3.63) is 53.6 Å². The molecule has 0 bridgehead atoms. The molecule has 2 aromatic carbocycles. The molecule has 1 fully saturated rings. The number of piperazine rings is 1. The Balaban J connectivity index is 0.000000604. The lowest BCUT2D eigenvalue weighted by atomic mass is 10.1. The second-order valence-electron chi connectivity index (χ2n) is 8.43. The van der Waals surface area contributed by atoms with E-state index in [4.69, 9.17) is 9.90 Å². The number of carboxylic acid groups (broad SMARTS) is 1. The largest absolute Gasteiger partial charge is 0.490 e. The van der Waals surface area contributed by atoms with Gasteiger partial charge in [-0.05, 0) is 50.1 Å². The first-order chi connectivity index (χ1) is 17.3. The summed E-state index contributed by atoms with van der Waals surface area (Å²) in [4.78, 5) is 23.9.